The molecule has 1 aliphatic carbocycles. The van der Waals surface area contributed by atoms with Crippen LogP contribution in [0.4, 0.5) is 5.69 Å². The first-order valence-electron chi connectivity index (χ1n) is 8.05. The van der Waals surface area contributed by atoms with Crippen molar-refractivity contribution >= 4 is 15.5 Å². The molecule has 0 saturated heterocycles. The fourth-order valence-electron chi connectivity index (χ4n) is 3.92. The molecule has 0 amide bonds. The molecular formula is C17H25NO2S. The molecule has 3 unspecified atom stereocenters. The maximum atomic E-state index is 11.8. The van der Waals surface area contributed by atoms with Gasteiger partial charge in [0.05, 0.1) is 5.25 Å². The van der Waals surface area contributed by atoms with Gasteiger partial charge in [0, 0.05) is 18.0 Å². The highest BCUT2D eigenvalue weighted by atomic mass is 32.2. The van der Waals surface area contributed by atoms with Crippen LogP contribution in [-0.4, -0.2) is 26.0 Å². The minimum Gasteiger partial charge on any atom is -0.382 e. The van der Waals surface area contributed by atoms with E-state index < -0.39 is 9.84 Å². The number of aryl methyl sites for hydroxylation is 1. The second-order valence-corrected chi connectivity index (χ2v) is 9.08. The molecule has 3 nitrogen and oxygen atoms in total. The van der Waals surface area contributed by atoms with Crippen LogP contribution < -0.4 is 5.32 Å². The lowest BCUT2D eigenvalue weighted by atomic mass is 9.82. The van der Waals surface area contributed by atoms with E-state index in [1.165, 1.54) is 23.9 Å². The van der Waals surface area contributed by atoms with Gasteiger partial charge in [0.15, 0.2) is 0 Å². The van der Waals surface area contributed by atoms with Gasteiger partial charge >= 0.3 is 0 Å². The van der Waals surface area contributed by atoms with Crippen LogP contribution in [0, 0.1) is 5.92 Å². The summed E-state index contributed by atoms with van der Waals surface area (Å²) in [5.74, 6) is 0.557. The van der Waals surface area contributed by atoms with E-state index in [2.05, 4.69) is 29.6 Å². The van der Waals surface area contributed by atoms with E-state index in [9.17, 15) is 8.42 Å². The third-order valence-electron chi connectivity index (χ3n) is 5.10. The van der Waals surface area contributed by atoms with Gasteiger partial charge in [0.25, 0.3) is 0 Å². The number of hydrogen-bond acceptors (Lipinski definition) is 3. The number of hydrogen-bond donors (Lipinski definition) is 1. The molecule has 1 N–H and O–H groups in total. The van der Waals surface area contributed by atoms with Gasteiger partial charge in [-0.05, 0) is 49.7 Å². The Hall–Kier alpha value is -1.03. The van der Waals surface area contributed by atoms with Gasteiger partial charge in [-0.1, -0.05) is 31.0 Å². The average Bonchev–Trinajstić information content (AvgIpc) is 2.46. The standard InChI is InChI=1S/C17H25NO2S/c1-21(19,20)16-7-4-5-13(12-16)11-15-10-9-14-6-2-3-8-17(14)18-15/h2-3,6,8,13,15-16,18H,4-5,7,9-12H2,1H3. The molecule has 1 saturated carbocycles. The third-order valence-corrected chi connectivity index (χ3v) is 6.74. The number of fused-ring (bicyclic) bond motifs is 1. The second-order valence-electron chi connectivity index (χ2n) is 6.76. The van der Waals surface area contributed by atoms with Crippen molar-refractivity contribution in [1.29, 1.82) is 0 Å². The lowest BCUT2D eigenvalue weighted by molar-refractivity contribution is 0.318. The van der Waals surface area contributed by atoms with Crippen LogP contribution >= 0.6 is 0 Å². The summed E-state index contributed by atoms with van der Waals surface area (Å²) in [7, 11) is -2.87. The predicted molar refractivity (Wildman–Crippen MR) is 87.4 cm³/mol. The molecule has 21 heavy (non-hydrogen) atoms. The van der Waals surface area contributed by atoms with E-state index in [1.807, 2.05) is 0 Å². The monoisotopic (exact) mass is 307 g/mol. The van der Waals surface area contributed by atoms with Crippen molar-refractivity contribution in [2.45, 2.75) is 56.2 Å². The first kappa shape index (κ1) is 14.9. The number of anilines is 1. The van der Waals surface area contributed by atoms with Crippen LogP contribution in [0.15, 0.2) is 24.3 Å². The summed E-state index contributed by atoms with van der Waals surface area (Å²) >= 11 is 0. The average molecular weight is 307 g/mol. The van der Waals surface area contributed by atoms with Crippen LogP contribution in [0.2, 0.25) is 0 Å². The van der Waals surface area contributed by atoms with Gasteiger partial charge in [0.1, 0.15) is 9.84 Å². The number of para-hydroxylation sites is 1. The molecular weight excluding hydrogens is 282 g/mol. The van der Waals surface area contributed by atoms with Crippen molar-refractivity contribution in [3.63, 3.8) is 0 Å². The highest BCUT2D eigenvalue weighted by molar-refractivity contribution is 7.91. The summed E-state index contributed by atoms with van der Waals surface area (Å²) in [6.45, 7) is 0. The normalized spacial score (nSPS) is 29.5. The predicted octanol–water partition coefficient (Wildman–Crippen LogP) is 3.41. The van der Waals surface area contributed by atoms with Crippen LogP contribution in [0.5, 0.6) is 0 Å². The molecule has 0 bridgehead atoms. The largest absolute Gasteiger partial charge is 0.382 e. The summed E-state index contributed by atoms with van der Waals surface area (Å²) in [5.41, 5.74) is 2.68. The fraction of sp³-hybridized carbons (Fsp3) is 0.647. The zero-order valence-electron chi connectivity index (χ0n) is 12.7. The van der Waals surface area contributed by atoms with E-state index in [4.69, 9.17) is 0 Å². The van der Waals surface area contributed by atoms with Crippen LogP contribution in [0.1, 0.15) is 44.1 Å². The van der Waals surface area contributed by atoms with Crippen LogP contribution in [-0.2, 0) is 16.3 Å². The first-order valence-corrected chi connectivity index (χ1v) is 10.0. The van der Waals surface area contributed by atoms with Crippen molar-refractivity contribution < 1.29 is 8.42 Å². The summed E-state index contributed by atoms with van der Waals surface area (Å²) < 4.78 is 23.5. The summed E-state index contributed by atoms with van der Waals surface area (Å²) in [6.07, 6.45) is 8.77. The smallest absolute Gasteiger partial charge is 0.150 e. The Bertz CT molecular complexity index is 597. The molecule has 1 aromatic rings. The third kappa shape index (κ3) is 3.60. The van der Waals surface area contributed by atoms with E-state index in [0.29, 0.717) is 12.0 Å². The van der Waals surface area contributed by atoms with Gasteiger partial charge in [-0.3, -0.25) is 0 Å². The number of benzene rings is 1. The summed E-state index contributed by atoms with van der Waals surface area (Å²) in [5, 5.41) is 3.54. The van der Waals surface area contributed by atoms with Crippen LogP contribution in [0.25, 0.3) is 0 Å². The van der Waals surface area contributed by atoms with E-state index in [0.717, 1.165) is 38.5 Å². The van der Waals surface area contributed by atoms with Crippen molar-refractivity contribution in [2.24, 2.45) is 5.92 Å². The number of rotatable bonds is 3. The Labute approximate surface area is 128 Å². The van der Waals surface area contributed by atoms with E-state index >= 15 is 0 Å². The molecule has 0 spiro atoms. The van der Waals surface area contributed by atoms with Crippen molar-refractivity contribution in [3.8, 4) is 0 Å². The molecule has 2 aliphatic rings. The lowest BCUT2D eigenvalue weighted by Crippen LogP contribution is -2.32. The van der Waals surface area contributed by atoms with Crippen molar-refractivity contribution in [2.75, 3.05) is 11.6 Å². The molecule has 1 fully saturated rings. The Morgan fingerprint density at radius 1 is 1.19 bits per heavy atom. The quantitative estimate of drug-likeness (QED) is 0.931. The SMILES string of the molecule is CS(=O)(=O)C1CCCC(CC2CCc3ccccc3N2)C1. The summed E-state index contributed by atoms with van der Waals surface area (Å²) in [4.78, 5) is 0. The van der Waals surface area contributed by atoms with Gasteiger partial charge in [-0.15, -0.1) is 0 Å². The minimum atomic E-state index is -2.87. The summed E-state index contributed by atoms with van der Waals surface area (Å²) in [6, 6.07) is 9.02. The minimum absolute atomic E-state index is 0.105. The highest BCUT2D eigenvalue weighted by Gasteiger charge is 2.30. The molecule has 1 heterocycles. The fourth-order valence-corrected chi connectivity index (χ4v) is 5.14. The van der Waals surface area contributed by atoms with Crippen molar-refractivity contribution in [1.82, 2.24) is 0 Å². The zero-order chi connectivity index (χ0) is 14.9. The van der Waals surface area contributed by atoms with Gasteiger partial charge in [0.2, 0.25) is 0 Å². The molecule has 1 aliphatic heterocycles. The van der Waals surface area contributed by atoms with Crippen molar-refractivity contribution in [3.05, 3.63) is 29.8 Å². The molecule has 1 aromatic carbocycles. The molecule has 116 valence electrons. The van der Waals surface area contributed by atoms with Crippen LogP contribution in [0.3, 0.4) is 0 Å². The first-order chi connectivity index (χ1) is 10.0. The Balaban J connectivity index is 1.60. The van der Waals surface area contributed by atoms with E-state index in [-0.39, 0.29) is 5.25 Å². The maximum absolute atomic E-state index is 11.8. The topological polar surface area (TPSA) is 46.2 Å². The number of nitrogens with one attached hydrogen (secondary N) is 1. The molecule has 3 rings (SSSR count). The Kier molecular flexibility index (Phi) is 4.25. The molecule has 0 radical (unpaired) electrons. The molecule has 4 heteroatoms. The maximum Gasteiger partial charge on any atom is 0.150 e. The zero-order valence-corrected chi connectivity index (χ0v) is 13.5. The van der Waals surface area contributed by atoms with E-state index in [1.54, 1.807) is 0 Å². The molecule has 0 aromatic heterocycles. The van der Waals surface area contributed by atoms with Gasteiger partial charge < -0.3 is 5.32 Å². The van der Waals surface area contributed by atoms with Gasteiger partial charge in [-0.2, -0.15) is 0 Å². The lowest BCUT2D eigenvalue weighted by Gasteiger charge is -2.33. The van der Waals surface area contributed by atoms with Gasteiger partial charge in [-0.25, -0.2) is 8.42 Å². The molecule has 3 atom stereocenters. The Morgan fingerprint density at radius 3 is 2.81 bits per heavy atom. The Morgan fingerprint density at radius 2 is 2.00 bits per heavy atom. The number of sulfone groups is 1. The highest BCUT2D eigenvalue weighted by Crippen LogP contribution is 2.34. The second kappa shape index (κ2) is 5.99.